The molecule has 0 bridgehead atoms. The van der Waals surface area contributed by atoms with E-state index in [9.17, 15) is 29.8 Å². The number of carbonyl (C=O) groups is 2. The highest BCUT2D eigenvalue weighted by Crippen LogP contribution is 2.38. The molecular formula is C29H44N6O8Si. The Bertz CT molecular complexity index is 1380. The van der Waals surface area contributed by atoms with Gasteiger partial charge in [0.15, 0.2) is 14.0 Å². The Morgan fingerprint density at radius 2 is 1.43 bits per heavy atom. The van der Waals surface area contributed by atoms with Crippen LogP contribution in [0, 0.1) is 20.2 Å². The van der Waals surface area contributed by atoms with Crippen LogP contribution in [0.15, 0.2) is 30.3 Å². The number of nitrogens with two attached hydrogens (primary N) is 2. The highest BCUT2D eigenvalue weighted by molar-refractivity contribution is 6.74. The largest absolute Gasteiger partial charge is 0.491 e. The third kappa shape index (κ3) is 9.91. The van der Waals surface area contributed by atoms with E-state index in [2.05, 4.69) is 44.5 Å². The van der Waals surface area contributed by atoms with E-state index in [-0.39, 0.29) is 63.4 Å². The van der Waals surface area contributed by atoms with Gasteiger partial charge in [0.2, 0.25) is 11.8 Å². The minimum absolute atomic E-state index is 0.0258. The van der Waals surface area contributed by atoms with Crippen LogP contribution in [0.4, 0.5) is 22.7 Å². The van der Waals surface area contributed by atoms with Gasteiger partial charge in [-0.05, 0) is 63.0 Å². The molecule has 6 N–H and O–H groups in total. The number of hydrogen-bond donors (Lipinski definition) is 4. The summed E-state index contributed by atoms with van der Waals surface area (Å²) in [5.41, 5.74) is 10.4. The Kier molecular flexibility index (Phi) is 12.2. The first-order valence-electron chi connectivity index (χ1n) is 14.3. The van der Waals surface area contributed by atoms with Gasteiger partial charge in [0.25, 0.3) is 11.4 Å². The van der Waals surface area contributed by atoms with Crippen LogP contribution < -0.4 is 26.8 Å². The topological polar surface area (TPSA) is 215 Å². The normalized spacial score (nSPS) is 13.1. The first kappa shape index (κ1) is 36.0. The van der Waals surface area contributed by atoms with Crippen LogP contribution in [0.25, 0.3) is 0 Å². The summed E-state index contributed by atoms with van der Waals surface area (Å²) in [5.74, 6) is -1.46. The SMILES string of the molecule is CC(CCC(C)Nc1c(OCCCO[Si](C)(C)C(C)(C)C)cc(C(N)=O)cc1[N+](=O)[O-])Nc1ccc(C(N)=O)cc1[N+](=O)[O-]. The second-order valence-corrected chi connectivity index (χ2v) is 17.1. The maximum atomic E-state index is 12.0. The van der Waals surface area contributed by atoms with Gasteiger partial charge >= 0.3 is 0 Å². The summed E-state index contributed by atoms with van der Waals surface area (Å²) in [6, 6.07) is 5.93. The van der Waals surface area contributed by atoms with Crippen LogP contribution in [0.5, 0.6) is 5.75 Å². The van der Waals surface area contributed by atoms with E-state index >= 15 is 0 Å². The van der Waals surface area contributed by atoms with Crippen molar-refractivity contribution in [1.29, 1.82) is 0 Å². The molecule has 0 spiro atoms. The number of benzene rings is 2. The molecule has 2 aromatic rings. The molecule has 2 aromatic carbocycles. The van der Waals surface area contributed by atoms with E-state index in [1.54, 1.807) is 0 Å². The molecule has 0 fully saturated rings. The van der Waals surface area contributed by atoms with Crippen molar-refractivity contribution in [2.75, 3.05) is 23.8 Å². The van der Waals surface area contributed by atoms with Crippen LogP contribution in [0.1, 0.15) is 74.6 Å². The fraction of sp³-hybridized carbons (Fsp3) is 0.517. The lowest BCUT2D eigenvalue weighted by molar-refractivity contribution is -0.384. The van der Waals surface area contributed by atoms with Gasteiger partial charge in [-0.1, -0.05) is 20.8 Å². The molecule has 0 saturated heterocycles. The number of primary amides is 2. The molecule has 44 heavy (non-hydrogen) atoms. The molecule has 242 valence electrons. The molecule has 0 heterocycles. The van der Waals surface area contributed by atoms with Crippen molar-refractivity contribution in [3.05, 3.63) is 61.7 Å². The van der Waals surface area contributed by atoms with Crippen molar-refractivity contribution in [2.24, 2.45) is 11.5 Å². The van der Waals surface area contributed by atoms with Gasteiger partial charge < -0.3 is 31.3 Å². The van der Waals surface area contributed by atoms with Gasteiger partial charge in [-0.25, -0.2) is 0 Å². The van der Waals surface area contributed by atoms with Crippen molar-refractivity contribution in [2.45, 2.75) is 84.1 Å². The molecule has 0 aromatic heterocycles. The van der Waals surface area contributed by atoms with Crippen molar-refractivity contribution in [1.82, 2.24) is 0 Å². The van der Waals surface area contributed by atoms with Crippen molar-refractivity contribution >= 4 is 42.9 Å². The molecule has 0 radical (unpaired) electrons. The van der Waals surface area contributed by atoms with Crippen LogP contribution in [-0.2, 0) is 4.43 Å². The summed E-state index contributed by atoms with van der Waals surface area (Å²) >= 11 is 0. The highest BCUT2D eigenvalue weighted by Gasteiger charge is 2.36. The smallest absolute Gasteiger partial charge is 0.296 e. The minimum Gasteiger partial charge on any atom is -0.491 e. The molecule has 14 nitrogen and oxygen atoms in total. The first-order valence-corrected chi connectivity index (χ1v) is 17.2. The second kappa shape index (κ2) is 15.0. The standard InChI is InChI=1S/C29H44N6O8Si/c1-18(32-22-12-11-20(27(30)36)15-23(22)34(38)39)9-10-19(2)33-26-24(35(40)41)16-21(28(31)37)17-25(26)42-13-8-14-43-44(6,7)29(3,4)5/h11-12,15-19,32-33H,8-10,13-14H2,1-7H3,(H2,30,36)(H2,31,37). The van der Waals surface area contributed by atoms with Crippen LogP contribution in [0.2, 0.25) is 18.1 Å². The number of nitrogens with zero attached hydrogens (tertiary/aromatic N) is 2. The minimum atomic E-state index is -1.95. The number of nitrogens with one attached hydrogen (secondary N) is 2. The Hall–Kier alpha value is -4.24. The molecule has 0 saturated carbocycles. The van der Waals surface area contributed by atoms with E-state index in [1.165, 1.54) is 18.2 Å². The molecule has 2 unspecified atom stereocenters. The number of rotatable bonds is 17. The maximum absolute atomic E-state index is 12.0. The average Bonchev–Trinajstić information content (AvgIpc) is 2.91. The summed E-state index contributed by atoms with van der Waals surface area (Å²) in [6.45, 7) is 15.1. The van der Waals surface area contributed by atoms with Crippen LogP contribution >= 0.6 is 0 Å². The highest BCUT2D eigenvalue weighted by atomic mass is 28.4. The number of hydrogen-bond acceptors (Lipinski definition) is 10. The van der Waals surface area contributed by atoms with E-state index < -0.39 is 30.0 Å². The van der Waals surface area contributed by atoms with Gasteiger partial charge in [-0.2, -0.15) is 0 Å². The van der Waals surface area contributed by atoms with E-state index in [4.69, 9.17) is 20.6 Å². The quantitative estimate of drug-likeness (QED) is 0.0735. The summed E-state index contributed by atoms with van der Waals surface area (Å²) in [5, 5.41) is 29.8. The molecule has 0 aliphatic heterocycles. The summed E-state index contributed by atoms with van der Waals surface area (Å²) < 4.78 is 12.1. The van der Waals surface area contributed by atoms with Crippen LogP contribution in [0.3, 0.4) is 0 Å². The molecular weight excluding hydrogens is 588 g/mol. The number of ether oxygens (including phenoxy) is 1. The molecule has 2 rings (SSSR count). The maximum Gasteiger partial charge on any atom is 0.296 e. The first-order chi connectivity index (χ1) is 20.3. The fourth-order valence-electron chi connectivity index (χ4n) is 4.05. The summed E-state index contributed by atoms with van der Waals surface area (Å²) in [4.78, 5) is 45.7. The Morgan fingerprint density at radius 1 is 0.886 bits per heavy atom. The van der Waals surface area contributed by atoms with E-state index in [0.717, 1.165) is 12.1 Å². The zero-order valence-corrected chi connectivity index (χ0v) is 27.4. The summed E-state index contributed by atoms with van der Waals surface area (Å²) in [6.07, 6.45) is 1.57. The lowest BCUT2D eigenvalue weighted by Gasteiger charge is -2.36. The van der Waals surface area contributed by atoms with Crippen LogP contribution in [-0.4, -0.2) is 55.3 Å². The van der Waals surface area contributed by atoms with Gasteiger partial charge in [-0.3, -0.25) is 29.8 Å². The molecule has 2 amide bonds. The Balaban J connectivity index is 2.15. The Labute approximate surface area is 258 Å². The molecule has 2 atom stereocenters. The summed E-state index contributed by atoms with van der Waals surface area (Å²) in [7, 11) is -1.95. The lowest BCUT2D eigenvalue weighted by Crippen LogP contribution is -2.41. The number of carbonyl (C=O) groups excluding carboxylic acids is 2. The molecule has 0 aliphatic rings. The van der Waals surface area contributed by atoms with Gasteiger partial charge in [0.1, 0.15) is 11.4 Å². The number of nitro benzene ring substituents is 2. The van der Waals surface area contributed by atoms with Gasteiger partial charge in [0, 0.05) is 48.4 Å². The van der Waals surface area contributed by atoms with E-state index in [1.807, 2.05) is 13.8 Å². The number of anilines is 2. The zero-order valence-electron chi connectivity index (χ0n) is 26.4. The lowest BCUT2D eigenvalue weighted by atomic mass is 10.1. The number of amides is 2. The fourth-order valence-corrected chi connectivity index (χ4v) is 5.13. The molecule has 15 heteroatoms. The molecule has 0 aliphatic carbocycles. The predicted octanol–water partition coefficient (Wildman–Crippen LogP) is 5.57. The Morgan fingerprint density at radius 3 is 1.95 bits per heavy atom. The van der Waals surface area contributed by atoms with Crippen molar-refractivity contribution < 1.29 is 28.6 Å². The average molecular weight is 633 g/mol. The third-order valence-electron chi connectivity index (χ3n) is 7.68. The number of nitro groups is 2. The van der Waals surface area contributed by atoms with Gasteiger partial charge in [0.05, 0.1) is 16.5 Å². The third-order valence-corrected chi connectivity index (χ3v) is 12.2. The second-order valence-electron chi connectivity index (χ2n) is 12.3. The van der Waals surface area contributed by atoms with Crippen molar-refractivity contribution in [3.8, 4) is 5.75 Å². The zero-order chi connectivity index (χ0) is 33.4. The monoisotopic (exact) mass is 632 g/mol. The van der Waals surface area contributed by atoms with Crippen molar-refractivity contribution in [3.63, 3.8) is 0 Å². The van der Waals surface area contributed by atoms with Gasteiger partial charge in [-0.15, -0.1) is 0 Å². The van der Waals surface area contributed by atoms with E-state index in [0.29, 0.717) is 25.9 Å². The predicted molar refractivity (Wildman–Crippen MR) is 172 cm³/mol.